The lowest BCUT2D eigenvalue weighted by Crippen LogP contribution is -2.64. The van der Waals surface area contributed by atoms with Crippen LogP contribution in [-0.2, 0) is 47.3 Å². The highest BCUT2D eigenvalue weighted by Gasteiger charge is 2.57. The Balaban J connectivity index is 1.97. The van der Waals surface area contributed by atoms with Gasteiger partial charge in [-0.05, 0) is 113 Å². The minimum absolute atomic E-state index is 0.0313. The molecule has 0 aromatic rings. The monoisotopic (exact) mass is 1070 g/mol. The van der Waals surface area contributed by atoms with Gasteiger partial charge in [0.05, 0.1) is 24.4 Å². The lowest BCUT2D eigenvalue weighted by Gasteiger charge is -2.47. The lowest BCUT2D eigenvalue weighted by atomic mass is 9.82. The molecule has 0 aromatic heterocycles. The van der Waals surface area contributed by atoms with E-state index in [1.807, 2.05) is 20.8 Å². The van der Waals surface area contributed by atoms with Gasteiger partial charge in [0.2, 0.25) is 14.1 Å². The second-order valence-corrected chi connectivity index (χ2v) is 29.3. The van der Waals surface area contributed by atoms with E-state index in [4.69, 9.17) is 28.1 Å². The number of rotatable bonds is 12. The number of aliphatic hydroxyl groups is 1. The maximum atomic E-state index is 15.0. The van der Waals surface area contributed by atoms with Crippen molar-refractivity contribution in [3.63, 3.8) is 0 Å². The molecule has 14 heteroatoms. The number of amides is 1. The summed E-state index contributed by atoms with van der Waals surface area (Å²) in [7, 11) is 2.22. The number of alkyl halides is 1. The number of fused-ring (bicyclic) bond motifs is 3. The number of carbonyl (C=O) groups excluding carboxylic acids is 4. The average Bonchev–Trinajstić information content (AvgIpc) is 3.27. The Labute approximate surface area is 418 Å². The van der Waals surface area contributed by atoms with E-state index in [-0.39, 0.29) is 63.7 Å². The Morgan fingerprint density at radius 3 is 2.13 bits per heavy atom. The molecule has 1 saturated carbocycles. The average molecular weight is 1070 g/mol. The molecule has 1 N–H and O–H groups in total. The van der Waals surface area contributed by atoms with Crippen molar-refractivity contribution in [2.45, 2.75) is 222 Å². The van der Waals surface area contributed by atoms with Gasteiger partial charge in [-0.15, -0.1) is 6.58 Å². The van der Waals surface area contributed by atoms with Crippen molar-refractivity contribution in [2.75, 3.05) is 27.9 Å². The molecular formula is C53H88INO11Si. The fourth-order valence-corrected chi connectivity index (χ4v) is 19.2. The number of ketones is 2. The van der Waals surface area contributed by atoms with Gasteiger partial charge in [0.1, 0.15) is 24.0 Å². The zero-order valence-corrected chi connectivity index (χ0v) is 46.7. The first-order chi connectivity index (χ1) is 31.4. The highest BCUT2D eigenvalue weighted by atomic mass is 127. The van der Waals surface area contributed by atoms with Crippen molar-refractivity contribution in [3.05, 3.63) is 36.0 Å². The summed E-state index contributed by atoms with van der Waals surface area (Å²) in [6, 6.07) is -1.10. The van der Waals surface area contributed by atoms with Crippen molar-refractivity contribution < 1.29 is 52.4 Å². The van der Waals surface area contributed by atoms with Gasteiger partial charge in [0.15, 0.2) is 0 Å². The van der Waals surface area contributed by atoms with Crippen LogP contribution in [-0.4, -0.2) is 122 Å². The second kappa shape index (κ2) is 25.0. The van der Waals surface area contributed by atoms with Crippen LogP contribution in [0.25, 0.3) is 0 Å². The lowest BCUT2D eigenvalue weighted by molar-refractivity contribution is -0.302. The highest BCUT2D eigenvalue weighted by Crippen LogP contribution is 2.46. The van der Waals surface area contributed by atoms with Crippen molar-refractivity contribution in [1.82, 2.24) is 4.90 Å². The van der Waals surface area contributed by atoms with Gasteiger partial charge in [-0.1, -0.05) is 109 Å². The van der Waals surface area contributed by atoms with Crippen molar-refractivity contribution >= 4 is 54.4 Å². The molecule has 0 radical (unpaired) electrons. The molecule has 2 bridgehead atoms. The van der Waals surface area contributed by atoms with Gasteiger partial charge >= 0.3 is 5.97 Å². The smallest absolute Gasteiger partial charge is 0.329 e. The summed E-state index contributed by atoms with van der Waals surface area (Å²) in [5, 5.41) is 12.3. The standard InChI is InChI=1S/C53H88INO11Si/c1-16-20-40-26-35(8)25-36(9)27-45(62-14)48-46(63-15)28-38(11)53(60,65-48)49(57)50(58)55-24-18-17-22-42(55)51(59)64-47(37(10)30-52(54)23-19-21-41(31-52)61-13)39(12)44(29-43(40)56)66-67(32(2)3,33(4)5)34(6)7/h16,26,30,32-34,36,38-42,44-48,60H,1,17-25,27-29,31H2,2-15H3/b35-26+,37-30?. The fourth-order valence-electron chi connectivity index (χ4n) is 12.2. The zero-order chi connectivity index (χ0) is 50.2. The molecular weight excluding hydrogens is 982 g/mol. The number of Topliss-reactive ketones (excluding diaryl/α,β-unsaturated/α-hetero) is 2. The normalized spacial score (nSPS) is 37.2. The zero-order valence-electron chi connectivity index (χ0n) is 43.6. The molecule has 4 aliphatic rings. The third kappa shape index (κ3) is 13.6. The number of nitrogens with zero attached hydrogens (tertiary/aromatic N) is 1. The molecule has 13 atom stereocenters. The van der Waals surface area contributed by atoms with Crippen LogP contribution in [0, 0.1) is 23.7 Å². The van der Waals surface area contributed by atoms with Crippen molar-refractivity contribution in [2.24, 2.45) is 23.7 Å². The molecule has 0 spiro atoms. The van der Waals surface area contributed by atoms with E-state index in [1.165, 1.54) is 4.90 Å². The summed E-state index contributed by atoms with van der Waals surface area (Å²) in [4.78, 5) is 60.5. The van der Waals surface area contributed by atoms with E-state index in [0.29, 0.717) is 32.1 Å². The topological polar surface area (TPSA) is 147 Å². The van der Waals surface area contributed by atoms with Crippen molar-refractivity contribution in [3.8, 4) is 0 Å². The maximum Gasteiger partial charge on any atom is 0.329 e. The van der Waals surface area contributed by atoms with E-state index in [9.17, 15) is 14.7 Å². The Kier molecular flexibility index (Phi) is 21.6. The van der Waals surface area contributed by atoms with Crippen molar-refractivity contribution in [1.29, 1.82) is 0 Å². The maximum absolute atomic E-state index is 15.0. The third-order valence-electron chi connectivity index (χ3n) is 15.8. The van der Waals surface area contributed by atoms with E-state index in [2.05, 4.69) is 89.8 Å². The molecule has 1 aliphatic carbocycles. The van der Waals surface area contributed by atoms with E-state index in [1.54, 1.807) is 34.3 Å². The Bertz CT molecular complexity index is 1750. The molecule has 3 heterocycles. The van der Waals surface area contributed by atoms with Crippen LogP contribution in [0.15, 0.2) is 36.0 Å². The quantitative estimate of drug-likeness (QED) is 0.0497. The Hall–Kier alpha value is -1.79. The van der Waals surface area contributed by atoms with Gasteiger partial charge in [-0.25, -0.2) is 4.79 Å². The number of allylic oxidation sites excluding steroid dienone is 4. The molecule has 13 unspecified atom stereocenters. The van der Waals surface area contributed by atoms with Crippen LogP contribution in [0.3, 0.4) is 0 Å². The van der Waals surface area contributed by atoms with Crippen LogP contribution in [0.1, 0.15) is 153 Å². The molecule has 1 amide bonds. The van der Waals surface area contributed by atoms with Gasteiger partial charge < -0.3 is 38.1 Å². The van der Waals surface area contributed by atoms with Crippen LogP contribution in [0.2, 0.25) is 16.6 Å². The summed E-state index contributed by atoms with van der Waals surface area (Å²) >= 11 is 2.52. The van der Waals surface area contributed by atoms with Gasteiger partial charge in [0, 0.05) is 55.5 Å². The number of esters is 1. The molecule has 2 saturated heterocycles. The molecule has 12 nitrogen and oxygen atoms in total. The molecule has 382 valence electrons. The van der Waals surface area contributed by atoms with Crippen LogP contribution >= 0.6 is 22.6 Å². The number of halogens is 1. The summed E-state index contributed by atoms with van der Waals surface area (Å²) in [5.41, 5.74) is 2.51. The number of methoxy groups -OCH3 is 3. The van der Waals surface area contributed by atoms with E-state index in [0.717, 1.165) is 36.8 Å². The van der Waals surface area contributed by atoms with Crippen LogP contribution in [0.4, 0.5) is 0 Å². The number of carbonyl (C=O) groups is 4. The molecule has 4 rings (SSSR count). The minimum atomic E-state index is -2.65. The number of ether oxygens (including phenoxy) is 5. The highest BCUT2D eigenvalue weighted by molar-refractivity contribution is 14.1. The van der Waals surface area contributed by atoms with Gasteiger partial charge in [0.25, 0.3) is 11.7 Å². The third-order valence-corrected chi connectivity index (χ3v) is 23.2. The summed E-state index contributed by atoms with van der Waals surface area (Å²) < 4.78 is 38.3. The number of cyclic esters (lactones) is 1. The van der Waals surface area contributed by atoms with Crippen LogP contribution in [0.5, 0.6) is 0 Å². The predicted octanol–water partition coefficient (Wildman–Crippen LogP) is 10.4. The molecule has 0 aromatic carbocycles. The van der Waals surface area contributed by atoms with Crippen LogP contribution < -0.4 is 0 Å². The first kappa shape index (κ1) is 57.8. The first-order valence-electron chi connectivity index (χ1n) is 25.3. The minimum Gasteiger partial charge on any atom is -0.456 e. The van der Waals surface area contributed by atoms with E-state index < -0.39 is 86.1 Å². The fraction of sp³-hybridized carbons (Fsp3) is 0.811. The number of piperidine rings is 1. The van der Waals surface area contributed by atoms with Gasteiger partial charge in [-0.3, -0.25) is 14.4 Å². The Morgan fingerprint density at radius 1 is 0.925 bits per heavy atom. The molecule has 67 heavy (non-hydrogen) atoms. The summed E-state index contributed by atoms with van der Waals surface area (Å²) in [5.74, 6) is -6.95. The summed E-state index contributed by atoms with van der Waals surface area (Å²) in [6.45, 7) is 27.4. The second-order valence-electron chi connectivity index (χ2n) is 21.7. The largest absolute Gasteiger partial charge is 0.456 e. The summed E-state index contributed by atoms with van der Waals surface area (Å²) in [6.07, 6.45) is 9.72. The predicted molar refractivity (Wildman–Crippen MR) is 274 cm³/mol. The number of hydrogen-bond donors (Lipinski definition) is 1. The molecule has 3 fully saturated rings. The first-order valence-corrected chi connectivity index (χ1v) is 28.6. The SMILES string of the molecule is C=CCC1/C=C(\C)CC(C)CC(OC)C2OC(O)(C(=O)C(=O)N3CCCCC3C(=O)OC(C(C)=CC3(I)CCCC(OC)C3)C(C)C(O[Si](C(C)C)(C(C)C)C(C)C)CC1=O)C(C)CC2OC. The molecule has 3 aliphatic heterocycles. The van der Waals surface area contributed by atoms with E-state index >= 15 is 9.59 Å². The number of hydrogen-bond acceptors (Lipinski definition) is 11. The Morgan fingerprint density at radius 2 is 1.55 bits per heavy atom. The van der Waals surface area contributed by atoms with Gasteiger partial charge in [-0.2, -0.15) is 0 Å².